The first-order valence-electron chi connectivity index (χ1n) is 5.95. The predicted molar refractivity (Wildman–Crippen MR) is 70.3 cm³/mol. The van der Waals surface area contributed by atoms with E-state index >= 15 is 0 Å². The van der Waals surface area contributed by atoms with E-state index in [1.54, 1.807) is 6.20 Å². The van der Waals surface area contributed by atoms with Gasteiger partial charge in [-0.2, -0.15) is 0 Å². The van der Waals surface area contributed by atoms with Crippen LogP contribution < -0.4 is 5.32 Å². The van der Waals surface area contributed by atoms with Crippen LogP contribution in [-0.2, 0) is 13.2 Å². The minimum Gasteiger partial charge on any atom is -0.392 e. The van der Waals surface area contributed by atoms with E-state index in [0.29, 0.717) is 6.54 Å². The molecule has 0 bridgehead atoms. The van der Waals surface area contributed by atoms with Crippen molar-refractivity contribution in [3.63, 3.8) is 0 Å². The zero-order valence-electron chi connectivity index (χ0n) is 10.6. The topological polar surface area (TPSA) is 75.1 Å². The molecule has 0 spiro atoms. The van der Waals surface area contributed by atoms with Crippen molar-refractivity contribution in [1.29, 1.82) is 0 Å². The second-order valence-corrected chi connectivity index (χ2v) is 4.15. The molecular weight excluding hydrogens is 242 g/mol. The molecule has 0 aliphatic rings. The van der Waals surface area contributed by atoms with Gasteiger partial charge < -0.3 is 10.4 Å². The van der Waals surface area contributed by atoms with Crippen molar-refractivity contribution < 1.29 is 9.90 Å². The number of rotatable bonds is 4. The molecule has 5 nitrogen and oxygen atoms in total. The summed E-state index contributed by atoms with van der Waals surface area (Å²) in [6, 6.07) is 7.41. The number of carbonyl (C=O) groups excluding carboxylic acids is 1. The van der Waals surface area contributed by atoms with E-state index in [9.17, 15) is 9.90 Å². The molecule has 0 saturated heterocycles. The first-order chi connectivity index (χ1) is 9.20. The lowest BCUT2D eigenvalue weighted by Crippen LogP contribution is -2.24. The van der Waals surface area contributed by atoms with Gasteiger partial charge in [-0.25, -0.2) is 4.98 Å². The zero-order chi connectivity index (χ0) is 13.7. The highest BCUT2D eigenvalue weighted by Gasteiger charge is 2.08. The molecule has 0 radical (unpaired) electrons. The molecule has 0 unspecified atom stereocenters. The van der Waals surface area contributed by atoms with Crippen molar-refractivity contribution in [2.24, 2.45) is 0 Å². The van der Waals surface area contributed by atoms with Crippen LogP contribution in [0.2, 0.25) is 0 Å². The Kier molecular flexibility index (Phi) is 4.20. The number of nitrogens with one attached hydrogen (secondary N) is 1. The number of carbonyl (C=O) groups is 1. The summed E-state index contributed by atoms with van der Waals surface area (Å²) in [7, 11) is 0. The Hall–Kier alpha value is -2.27. The Labute approximate surface area is 111 Å². The summed E-state index contributed by atoms with van der Waals surface area (Å²) in [5.74, 6) is -0.278. The van der Waals surface area contributed by atoms with E-state index in [0.717, 1.165) is 16.8 Å². The Morgan fingerprint density at radius 1 is 1.21 bits per heavy atom. The first-order valence-corrected chi connectivity index (χ1v) is 5.95. The van der Waals surface area contributed by atoms with Crippen LogP contribution in [0.4, 0.5) is 0 Å². The number of aliphatic hydroxyl groups excluding tert-OH is 1. The molecule has 0 atom stereocenters. The van der Waals surface area contributed by atoms with Crippen molar-refractivity contribution in [3.8, 4) is 0 Å². The number of benzene rings is 1. The number of hydrogen-bond donors (Lipinski definition) is 2. The fourth-order valence-electron chi connectivity index (χ4n) is 1.66. The maximum atomic E-state index is 11.9. The summed E-state index contributed by atoms with van der Waals surface area (Å²) >= 11 is 0. The molecule has 5 heteroatoms. The van der Waals surface area contributed by atoms with E-state index in [1.807, 2.05) is 31.2 Å². The van der Waals surface area contributed by atoms with Gasteiger partial charge >= 0.3 is 0 Å². The van der Waals surface area contributed by atoms with Crippen molar-refractivity contribution in [1.82, 2.24) is 15.3 Å². The fourth-order valence-corrected chi connectivity index (χ4v) is 1.66. The van der Waals surface area contributed by atoms with Crippen LogP contribution in [0.1, 0.15) is 27.3 Å². The van der Waals surface area contributed by atoms with E-state index in [4.69, 9.17) is 0 Å². The third kappa shape index (κ3) is 3.35. The lowest BCUT2D eigenvalue weighted by molar-refractivity contribution is 0.0945. The number of aromatic nitrogens is 2. The standard InChI is InChI=1S/C14H15N3O2/c1-10-6-16-13(8-15-10)14(19)17-7-11-4-2-3-5-12(11)9-18/h2-6,8,18H,7,9H2,1H3,(H,17,19). The lowest BCUT2D eigenvalue weighted by Gasteiger charge is -2.08. The van der Waals surface area contributed by atoms with Gasteiger partial charge in [0.15, 0.2) is 0 Å². The Balaban J connectivity index is 2.02. The number of amides is 1. The molecule has 1 aromatic heterocycles. The predicted octanol–water partition coefficient (Wildman–Crippen LogP) is 1.21. The molecule has 2 aromatic rings. The molecule has 0 fully saturated rings. The summed E-state index contributed by atoms with van der Waals surface area (Å²) in [5.41, 5.74) is 2.74. The van der Waals surface area contributed by atoms with Crippen molar-refractivity contribution >= 4 is 5.91 Å². The SMILES string of the molecule is Cc1cnc(C(=O)NCc2ccccc2CO)cn1. The first kappa shape index (κ1) is 13.2. The number of aliphatic hydroxyl groups is 1. The molecule has 0 aliphatic carbocycles. The van der Waals surface area contributed by atoms with Crippen molar-refractivity contribution in [3.05, 3.63) is 59.2 Å². The summed E-state index contributed by atoms with van der Waals surface area (Å²) in [6.45, 7) is 2.12. The van der Waals surface area contributed by atoms with Crippen LogP contribution in [-0.4, -0.2) is 21.0 Å². The molecule has 1 heterocycles. The second kappa shape index (κ2) is 6.06. The van der Waals surface area contributed by atoms with Crippen LogP contribution in [0.15, 0.2) is 36.7 Å². The van der Waals surface area contributed by atoms with E-state index < -0.39 is 0 Å². The van der Waals surface area contributed by atoms with Crippen molar-refractivity contribution in [2.75, 3.05) is 0 Å². The van der Waals surface area contributed by atoms with Gasteiger partial charge in [0.05, 0.1) is 18.5 Å². The molecule has 0 saturated carbocycles. The van der Waals surface area contributed by atoms with Gasteiger partial charge in [0.25, 0.3) is 5.91 Å². The smallest absolute Gasteiger partial charge is 0.271 e. The number of nitrogens with zero attached hydrogens (tertiary/aromatic N) is 2. The molecule has 0 aliphatic heterocycles. The van der Waals surface area contributed by atoms with Crippen LogP contribution in [0.5, 0.6) is 0 Å². The van der Waals surface area contributed by atoms with Gasteiger partial charge in [-0.1, -0.05) is 24.3 Å². The lowest BCUT2D eigenvalue weighted by atomic mass is 10.1. The van der Waals surface area contributed by atoms with Crippen LogP contribution >= 0.6 is 0 Å². The van der Waals surface area contributed by atoms with Crippen LogP contribution in [0.3, 0.4) is 0 Å². The summed E-state index contributed by atoms with van der Waals surface area (Å²) in [5, 5.41) is 12.0. The normalized spacial score (nSPS) is 10.2. The fraction of sp³-hybridized carbons (Fsp3) is 0.214. The largest absolute Gasteiger partial charge is 0.392 e. The highest BCUT2D eigenvalue weighted by Crippen LogP contribution is 2.08. The maximum absolute atomic E-state index is 11.9. The van der Waals surface area contributed by atoms with Gasteiger partial charge in [-0.05, 0) is 18.1 Å². The van der Waals surface area contributed by atoms with E-state index in [1.165, 1.54) is 6.20 Å². The number of aryl methyl sites for hydroxylation is 1. The van der Waals surface area contributed by atoms with Gasteiger partial charge in [0.1, 0.15) is 5.69 Å². The van der Waals surface area contributed by atoms with Gasteiger partial charge in [0.2, 0.25) is 0 Å². The third-order valence-corrected chi connectivity index (χ3v) is 2.74. The minimum atomic E-state index is -0.278. The summed E-state index contributed by atoms with van der Waals surface area (Å²) < 4.78 is 0. The van der Waals surface area contributed by atoms with Crippen LogP contribution in [0.25, 0.3) is 0 Å². The average Bonchev–Trinajstić information content (AvgIpc) is 2.45. The summed E-state index contributed by atoms with van der Waals surface area (Å²) in [6.07, 6.45) is 3.00. The Bertz CT molecular complexity index is 567. The molecule has 98 valence electrons. The molecule has 2 N–H and O–H groups in total. The third-order valence-electron chi connectivity index (χ3n) is 2.74. The Morgan fingerprint density at radius 2 is 1.95 bits per heavy atom. The van der Waals surface area contributed by atoms with Gasteiger partial charge in [-0.3, -0.25) is 9.78 Å². The van der Waals surface area contributed by atoms with Gasteiger partial charge in [-0.15, -0.1) is 0 Å². The zero-order valence-corrected chi connectivity index (χ0v) is 10.6. The molecule has 1 amide bonds. The highest BCUT2D eigenvalue weighted by atomic mass is 16.3. The Morgan fingerprint density at radius 3 is 2.58 bits per heavy atom. The van der Waals surface area contributed by atoms with E-state index in [-0.39, 0.29) is 18.2 Å². The summed E-state index contributed by atoms with van der Waals surface area (Å²) in [4.78, 5) is 19.9. The quantitative estimate of drug-likeness (QED) is 0.863. The average molecular weight is 257 g/mol. The number of hydrogen-bond acceptors (Lipinski definition) is 4. The monoisotopic (exact) mass is 257 g/mol. The molecule has 1 aromatic carbocycles. The molecular formula is C14H15N3O2. The van der Waals surface area contributed by atoms with Crippen molar-refractivity contribution in [2.45, 2.75) is 20.1 Å². The van der Waals surface area contributed by atoms with Gasteiger partial charge in [0, 0.05) is 12.7 Å². The molecule has 2 rings (SSSR count). The van der Waals surface area contributed by atoms with E-state index in [2.05, 4.69) is 15.3 Å². The van der Waals surface area contributed by atoms with Crippen LogP contribution in [0, 0.1) is 6.92 Å². The maximum Gasteiger partial charge on any atom is 0.271 e. The molecule has 19 heavy (non-hydrogen) atoms. The second-order valence-electron chi connectivity index (χ2n) is 4.15. The minimum absolute atomic E-state index is 0.0453. The highest BCUT2D eigenvalue weighted by molar-refractivity contribution is 5.91.